The zero-order valence-corrected chi connectivity index (χ0v) is 8.65. The molecule has 0 amide bonds. The lowest BCUT2D eigenvalue weighted by molar-refractivity contribution is 0.557. The van der Waals surface area contributed by atoms with Crippen LogP contribution < -0.4 is 0 Å². The Bertz CT molecular complexity index is 112. The molecule has 0 nitrogen and oxygen atoms in total. The van der Waals surface area contributed by atoms with Crippen molar-refractivity contribution in [1.82, 2.24) is 0 Å². The normalized spacial score (nSPS) is 20.1. The lowest BCUT2D eigenvalue weighted by Crippen LogP contribution is -1.88. The van der Waals surface area contributed by atoms with Crippen LogP contribution in [-0.2, 0) is 0 Å². The quantitative estimate of drug-likeness (QED) is 0.494. The molecule has 0 spiro atoms. The Morgan fingerprint density at radius 3 is 2.55 bits per heavy atom. The summed E-state index contributed by atoms with van der Waals surface area (Å²) in [5, 5.41) is 1.11. The molecule has 0 aromatic heterocycles. The molecule has 1 saturated carbocycles. The van der Waals surface area contributed by atoms with Crippen molar-refractivity contribution in [3.63, 3.8) is 0 Å². The minimum Gasteiger partial charge on any atom is -0.0925 e. The summed E-state index contributed by atoms with van der Waals surface area (Å²) in [7, 11) is 0. The molecule has 0 saturated heterocycles. The summed E-state index contributed by atoms with van der Waals surface area (Å²) in [6, 6.07) is 0. The second kappa shape index (κ2) is 5.82. The predicted octanol–water partition coefficient (Wildman–Crippen LogP) is 3.91. The molecule has 0 atom stereocenters. The first-order chi connectivity index (χ1) is 5.43. The fraction of sp³-hybridized carbons (Fsp3) is 0.800. The van der Waals surface area contributed by atoms with Crippen molar-refractivity contribution in [3.05, 3.63) is 12.2 Å². The Hall–Kier alpha value is 0.220. The Morgan fingerprint density at radius 1 is 1.18 bits per heavy atom. The van der Waals surface area contributed by atoms with E-state index >= 15 is 0 Å². The average Bonchev–Trinajstić information content (AvgIpc) is 2.50. The topological polar surface area (TPSA) is 0 Å². The van der Waals surface area contributed by atoms with Crippen LogP contribution in [0, 0.1) is 5.92 Å². The maximum Gasteiger partial charge on any atom is 0.00659 e. The first kappa shape index (κ1) is 9.31. The molecule has 1 aliphatic rings. The zero-order chi connectivity index (χ0) is 7.94. The van der Waals surface area contributed by atoms with Crippen LogP contribution in [0.5, 0.6) is 0 Å². The molecule has 1 heteroatoms. The molecule has 0 bridgehead atoms. The summed E-state index contributed by atoms with van der Waals surface area (Å²) < 4.78 is 0. The van der Waals surface area contributed by atoms with Gasteiger partial charge >= 0.3 is 0 Å². The monoisotopic (exact) mass is 216 g/mol. The van der Waals surface area contributed by atoms with Crippen molar-refractivity contribution in [2.75, 3.05) is 5.33 Å². The van der Waals surface area contributed by atoms with Crippen LogP contribution in [0.1, 0.15) is 38.5 Å². The number of alkyl halides is 1. The highest BCUT2D eigenvalue weighted by molar-refractivity contribution is 9.09. The summed E-state index contributed by atoms with van der Waals surface area (Å²) in [5.74, 6) is 1.02. The molecule has 0 unspecified atom stereocenters. The minimum atomic E-state index is 1.02. The molecule has 0 aliphatic heterocycles. The lowest BCUT2D eigenvalue weighted by Gasteiger charge is -2.02. The van der Waals surface area contributed by atoms with E-state index in [9.17, 15) is 0 Å². The van der Waals surface area contributed by atoms with E-state index in [-0.39, 0.29) is 0 Å². The van der Waals surface area contributed by atoms with Gasteiger partial charge in [0.05, 0.1) is 0 Å². The Morgan fingerprint density at radius 2 is 1.91 bits per heavy atom. The van der Waals surface area contributed by atoms with Gasteiger partial charge in [-0.1, -0.05) is 53.8 Å². The van der Waals surface area contributed by atoms with E-state index in [4.69, 9.17) is 0 Å². The molecule has 0 heterocycles. The van der Waals surface area contributed by atoms with E-state index in [0.29, 0.717) is 0 Å². The molecule has 11 heavy (non-hydrogen) atoms. The smallest absolute Gasteiger partial charge is 0.00659 e. The third kappa shape index (κ3) is 3.95. The van der Waals surface area contributed by atoms with E-state index in [1.165, 1.54) is 38.5 Å². The van der Waals surface area contributed by atoms with Gasteiger partial charge < -0.3 is 0 Å². The standard InChI is InChI=1S/C10H17Br/c11-9-5-1-2-6-10-7-3-4-8-10/h1-2,10H,3-9H2. The van der Waals surface area contributed by atoms with Gasteiger partial charge in [0.2, 0.25) is 0 Å². The van der Waals surface area contributed by atoms with Crippen LogP contribution in [0.4, 0.5) is 0 Å². The molecular formula is C10H17Br. The number of allylic oxidation sites excluding steroid dienone is 2. The number of halogens is 1. The van der Waals surface area contributed by atoms with Crippen LogP contribution >= 0.6 is 15.9 Å². The summed E-state index contributed by atoms with van der Waals surface area (Å²) in [6.45, 7) is 0. The Kier molecular flexibility index (Phi) is 4.92. The van der Waals surface area contributed by atoms with Crippen molar-refractivity contribution >= 4 is 15.9 Å². The average molecular weight is 217 g/mol. The van der Waals surface area contributed by atoms with E-state index in [1.807, 2.05) is 0 Å². The van der Waals surface area contributed by atoms with Crippen molar-refractivity contribution in [2.24, 2.45) is 5.92 Å². The molecule has 1 fully saturated rings. The van der Waals surface area contributed by atoms with E-state index < -0.39 is 0 Å². The molecule has 0 aromatic rings. The second-order valence-corrected chi connectivity index (χ2v) is 4.13. The maximum atomic E-state index is 3.41. The maximum absolute atomic E-state index is 3.41. The zero-order valence-electron chi connectivity index (χ0n) is 7.06. The molecule has 0 radical (unpaired) electrons. The van der Waals surface area contributed by atoms with Gasteiger partial charge in [-0.3, -0.25) is 0 Å². The predicted molar refractivity (Wildman–Crippen MR) is 54.1 cm³/mol. The third-order valence-corrected chi connectivity index (χ3v) is 2.84. The van der Waals surface area contributed by atoms with Crippen LogP contribution in [-0.4, -0.2) is 5.33 Å². The van der Waals surface area contributed by atoms with Gasteiger partial charge in [0.25, 0.3) is 0 Å². The molecule has 0 N–H and O–H groups in total. The van der Waals surface area contributed by atoms with Gasteiger partial charge in [0, 0.05) is 5.33 Å². The van der Waals surface area contributed by atoms with Crippen LogP contribution in [0.3, 0.4) is 0 Å². The highest BCUT2D eigenvalue weighted by Crippen LogP contribution is 2.27. The van der Waals surface area contributed by atoms with Gasteiger partial charge in [-0.05, 0) is 18.8 Å². The number of hydrogen-bond donors (Lipinski definition) is 0. The molecule has 0 aromatic carbocycles. The Balaban J connectivity index is 2.01. The van der Waals surface area contributed by atoms with Crippen molar-refractivity contribution in [3.8, 4) is 0 Å². The van der Waals surface area contributed by atoms with Gasteiger partial charge in [-0.25, -0.2) is 0 Å². The SMILES string of the molecule is BrCCC=CCC1CCCC1. The van der Waals surface area contributed by atoms with Gasteiger partial charge in [0.1, 0.15) is 0 Å². The second-order valence-electron chi connectivity index (χ2n) is 3.34. The first-order valence-electron chi connectivity index (χ1n) is 4.64. The molecule has 1 rings (SSSR count). The molecular weight excluding hydrogens is 200 g/mol. The summed E-state index contributed by atoms with van der Waals surface area (Å²) in [5.41, 5.74) is 0. The minimum absolute atomic E-state index is 1.02. The molecule has 64 valence electrons. The Labute approximate surface area is 78.2 Å². The van der Waals surface area contributed by atoms with E-state index in [0.717, 1.165) is 11.2 Å². The number of rotatable bonds is 4. The lowest BCUT2D eigenvalue weighted by atomic mass is 10.0. The largest absolute Gasteiger partial charge is 0.0925 e. The van der Waals surface area contributed by atoms with Crippen LogP contribution in [0.15, 0.2) is 12.2 Å². The van der Waals surface area contributed by atoms with Crippen LogP contribution in [0.25, 0.3) is 0 Å². The summed E-state index contributed by atoms with van der Waals surface area (Å²) >= 11 is 3.41. The van der Waals surface area contributed by atoms with Gasteiger partial charge in [-0.2, -0.15) is 0 Å². The fourth-order valence-electron chi connectivity index (χ4n) is 1.72. The first-order valence-corrected chi connectivity index (χ1v) is 5.76. The van der Waals surface area contributed by atoms with E-state index in [2.05, 4.69) is 28.1 Å². The highest BCUT2D eigenvalue weighted by atomic mass is 79.9. The van der Waals surface area contributed by atoms with Crippen molar-refractivity contribution in [2.45, 2.75) is 38.5 Å². The fourth-order valence-corrected chi connectivity index (χ4v) is 1.98. The van der Waals surface area contributed by atoms with Crippen molar-refractivity contribution < 1.29 is 0 Å². The third-order valence-electron chi connectivity index (χ3n) is 2.39. The van der Waals surface area contributed by atoms with Gasteiger partial charge in [-0.15, -0.1) is 0 Å². The summed E-state index contributed by atoms with van der Waals surface area (Å²) in [6.07, 6.45) is 13.1. The molecule has 1 aliphatic carbocycles. The van der Waals surface area contributed by atoms with Crippen molar-refractivity contribution in [1.29, 1.82) is 0 Å². The van der Waals surface area contributed by atoms with E-state index in [1.54, 1.807) is 0 Å². The van der Waals surface area contributed by atoms with Gasteiger partial charge in [0.15, 0.2) is 0 Å². The highest BCUT2D eigenvalue weighted by Gasteiger charge is 2.12. The summed E-state index contributed by atoms with van der Waals surface area (Å²) in [4.78, 5) is 0. The number of hydrogen-bond acceptors (Lipinski definition) is 0. The van der Waals surface area contributed by atoms with Crippen LogP contribution in [0.2, 0.25) is 0 Å².